The fraction of sp³-hybridized carbons (Fsp3) is 0.286. The predicted octanol–water partition coefficient (Wildman–Crippen LogP) is 3.04. The Balaban J connectivity index is 2.61. The normalized spacial score (nSPS) is 13.0. The van der Waals surface area contributed by atoms with E-state index in [4.69, 9.17) is 5.73 Å². The van der Waals surface area contributed by atoms with Gasteiger partial charge in [-0.3, -0.25) is 0 Å². The predicted molar refractivity (Wildman–Crippen MR) is 66.0 cm³/mol. The summed E-state index contributed by atoms with van der Waals surface area (Å²) < 4.78 is 0. The lowest BCUT2D eigenvalue weighted by Gasteiger charge is -2.10. The summed E-state index contributed by atoms with van der Waals surface area (Å²) in [6, 6.07) is 13.1. The van der Waals surface area contributed by atoms with Crippen LogP contribution in [0.25, 0.3) is 10.8 Å². The van der Waals surface area contributed by atoms with Gasteiger partial charge in [-0.05, 0) is 42.2 Å². The van der Waals surface area contributed by atoms with Crippen LogP contribution in [-0.2, 0) is 6.42 Å². The van der Waals surface area contributed by atoms with Crippen molar-refractivity contribution in [2.24, 2.45) is 5.73 Å². The lowest BCUT2D eigenvalue weighted by molar-refractivity contribution is 0.741. The summed E-state index contributed by atoms with van der Waals surface area (Å²) in [6.07, 6.45) is 0.945. The summed E-state index contributed by atoms with van der Waals surface area (Å²) in [5, 5.41) is 2.69. The van der Waals surface area contributed by atoms with E-state index in [-0.39, 0.29) is 6.04 Å². The minimum Gasteiger partial charge on any atom is -0.328 e. The standard InChI is InChI=1S/C14H17N/c1-10-7-8-12(9-11(2)15)14-6-4-3-5-13(10)14/h3-8,11H,9,15H2,1-2H3/t11-/m0/s1. The molecule has 78 valence electrons. The van der Waals surface area contributed by atoms with Gasteiger partial charge in [0.05, 0.1) is 0 Å². The van der Waals surface area contributed by atoms with E-state index in [0.29, 0.717) is 0 Å². The molecular weight excluding hydrogens is 182 g/mol. The van der Waals surface area contributed by atoms with Crippen LogP contribution < -0.4 is 5.73 Å². The molecule has 0 bridgehead atoms. The highest BCUT2D eigenvalue weighted by atomic mass is 14.6. The number of rotatable bonds is 2. The van der Waals surface area contributed by atoms with Crippen LogP contribution in [0.3, 0.4) is 0 Å². The van der Waals surface area contributed by atoms with E-state index < -0.39 is 0 Å². The van der Waals surface area contributed by atoms with Crippen LogP contribution in [0.1, 0.15) is 18.1 Å². The molecule has 1 heteroatoms. The molecule has 0 radical (unpaired) electrons. The zero-order valence-corrected chi connectivity index (χ0v) is 9.33. The van der Waals surface area contributed by atoms with Gasteiger partial charge < -0.3 is 5.73 Å². The highest BCUT2D eigenvalue weighted by Gasteiger charge is 2.04. The summed E-state index contributed by atoms with van der Waals surface area (Å²) in [7, 11) is 0. The Morgan fingerprint density at radius 3 is 2.40 bits per heavy atom. The molecular formula is C14H17N. The summed E-state index contributed by atoms with van der Waals surface area (Å²) in [4.78, 5) is 0. The van der Waals surface area contributed by atoms with E-state index in [1.54, 1.807) is 0 Å². The summed E-state index contributed by atoms with van der Waals surface area (Å²) in [5.74, 6) is 0. The summed E-state index contributed by atoms with van der Waals surface area (Å²) >= 11 is 0. The van der Waals surface area contributed by atoms with Crippen molar-refractivity contribution in [1.82, 2.24) is 0 Å². The topological polar surface area (TPSA) is 26.0 Å². The van der Waals surface area contributed by atoms with Gasteiger partial charge in [-0.15, -0.1) is 0 Å². The third kappa shape index (κ3) is 2.02. The number of fused-ring (bicyclic) bond motifs is 1. The Morgan fingerprint density at radius 1 is 1.07 bits per heavy atom. The molecule has 2 aromatic carbocycles. The van der Waals surface area contributed by atoms with Gasteiger partial charge >= 0.3 is 0 Å². The monoisotopic (exact) mass is 199 g/mol. The second-order valence-electron chi connectivity index (χ2n) is 4.27. The van der Waals surface area contributed by atoms with Crippen molar-refractivity contribution in [2.45, 2.75) is 26.3 Å². The molecule has 0 aliphatic rings. The van der Waals surface area contributed by atoms with Gasteiger partial charge in [-0.1, -0.05) is 36.4 Å². The average molecular weight is 199 g/mol. The zero-order valence-electron chi connectivity index (χ0n) is 9.33. The number of hydrogen-bond donors (Lipinski definition) is 1. The zero-order chi connectivity index (χ0) is 10.8. The Labute approximate surface area is 90.9 Å². The van der Waals surface area contributed by atoms with E-state index in [9.17, 15) is 0 Å². The SMILES string of the molecule is Cc1ccc(C[C@H](C)N)c2ccccc12. The van der Waals surface area contributed by atoms with Crippen LogP contribution >= 0.6 is 0 Å². The smallest absolute Gasteiger partial charge is 0.00511 e. The molecule has 0 saturated heterocycles. The van der Waals surface area contributed by atoms with E-state index in [2.05, 4.69) is 50.2 Å². The van der Waals surface area contributed by atoms with Crippen LogP contribution in [0.2, 0.25) is 0 Å². The second kappa shape index (κ2) is 4.03. The van der Waals surface area contributed by atoms with Crippen LogP contribution in [0.5, 0.6) is 0 Å². The molecule has 0 spiro atoms. The number of aryl methyl sites for hydroxylation is 1. The van der Waals surface area contributed by atoms with E-state index in [0.717, 1.165) is 6.42 Å². The van der Waals surface area contributed by atoms with Crippen molar-refractivity contribution in [3.63, 3.8) is 0 Å². The Morgan fingerprint density at radius 2 is 1.73 bits per heavy atom. The quantitative estimate of drug-likeness (QED) is 0.790. The first-order valence-electron chi connectivity index (χ1n) is 5.41. The van der Waals surface area contributed by atoms with Gasteiger partial charge in [-0.2, -0.15) is 0 Å². The molecule has 0 heterocycles. The third-order valence-electron chi connectivity index (χ3n) is 2.77. The molecule has 0 aliphatic heterocycles. The minimum absolute atomic E-state index is 0.219. The molecule has 15 heavy (non-hydrogen) atoms. The number of hydrogen-bond acceptors (Lipinski definition) is 1. The maximum absolute atomic E-state index is 5.85. The Bertz CT molecular complexity index is 472. The van der Waals surface area contributed by atoms with Crippen molar-refractivity contribution in [3.8, 4) is 0 Å². The molecule has 0 saturated carbocycles. The average Bonchev–Trinajstić information content (AvgIpc) is 2.22. The van der Waals surface area contributed by atoms with Crippen molar-refractivity contribution in [3.05, 3.63) is 47.5 Å². The van der Waals surface area contributed by atoms with Gasteiger partial charge in [0.15, 0.2) is 0 Å². The van der Waals surface area contributed by atoms with Gasteiger partial charge in [0, 0.05) is 6.04 Å². The minimum atomic E-state index is 0.219. The molecule has 0 fully saturated rings. The number of benzene rings is 2. The van der Waals surface area contributed by atoms with Gasteiger partial charge in [0.25, 0.3) is 0 Å². The third-order valence-corrected chi connectivity index (χ3v) is 2.77. The van der Waals surface area contributed by atoms with Crippen LogP contribution in [0.15, 0.2) is 36.4 Å². The highest BCUT2D eigenvalue weighted by molar-refractivity contribution is 5.88. The Hall–Kier alpha value is -1.34. The summed E-state index contributed by atoms with van der Waals surface area (Å²) in [6.45, 7) is 4.20. The Kier molecular flexibility index (Phi) is 2.74. The van der Waals surface area contributed by atoms with Gasteiger partial charge in [0.1, 0.15) is 0 Å². The lowest BCUT2D eigenvalue weighted by Crippen LogP contribution is -2.17. The van der Waals surface area contributed by atoms with Crippen molar-refractivity contribution in [1.29, 1.82) is 0 Å². The first kappa shape index (κ1) is 10.2. The molecule has 0 unspecified atom stereocenters. The summed E-state index contributed by atoms with van der Waals surface area (Å²) in [5.41, 5.74) is 8.54. The molecule has 0 aliphatic carbocycles. The van der Waals surface area contributed by atoms with Crippen LogP contribution in [0, 0.1) is 6.92 Å². The van der Waals surface area contributed by atoms with Gasteiger partial charge in [-0.25, -0.2) is 0 Å². The molecule has 2 N–H and O–H groups in total. The molecule has 0 aromatic heterocycles. The first-order valence-corrected chi connectivity index (χ1v) is 5.41. The maximum atomic E-state index is 5.85. The van der Waals surface area contributed by atoms with E-state index >= 15 is 0 Å². The molecule has 2 rings (SSSR count). The lowest BCUT2D eigenvalue weighted by atomic mass is 9.97. The largest absolute Gasteiger partial charge is 0.328 e. The van der Waals surface area contributed by atoms with Crippen LogP contribution in [-0.4, -0.2) is 6.04 Å². The van der Waals surface area contributed by atoms with Crippen LogP contribution in [0.4, 0.5) is 0 Å². The van der Waals surface area contributed by atoms with Gasteiger partial charge in [0.2, 0.25) is 0 Å². The maximum Gasteiger partial charge on any atom is 0.00511 e. The highest BCUT2D eigenvalue weighted by Crippen LogP contribution is 2.22. The van der Waals surface area contributed by atoms with Crippen molar-refractivity contribution >= 4 is 10.8 Å². The molecule has 2 aromatic rings. The first-order chi connectivity index (χ1) is 7.18. The van der Waals surface area contributed by atoms with E-state index in [1.165, 1.54) is 21.9 Å². The van der Waals surface area contributed by atoms with E-state index in [1.807, 2.05) is 0 Å². The molecule has 0 amide bonds. The van der Waals surface area contributed by atoms with Crippen molar-refractivity contribution < 1.29 is 0 Å². The fourth-order valence-electron chi connectivity index (χ4n) is 2.04. The molecule has 1 atom stereocenters. The molecule has 1 nitrogen and oxygen atoms in total. The second-order valence-corrected chi connectivity index (χ2v) is 4.27. The number of nitrogens with two attached hydrogens (primary N) is 1. The fourth-order valence-corrected chi connectivity index (χ4v) is 2.04. The van der Waals surface area contributed by atoms with Crippen molar-refractivity contribution in [2.75, 3.05) is 0 Å².